The summed E-state index contributed by atoms with van der Waals surface area (Å²) >= 11 is 0. The zero-order valence-corrected chi connectivity index (χ0v) is 9.79. The largest absolute Gasteiger partial charge is 0.375 e. The van der Waals surface area contributed by atoms with Gasteiger partial charge in [-0.15, -0.1) is 0 Å². The molecule has 0 saturated heterocycles. The predicted octanol–water partition coefficient (Wildman–Crippen LogP) is 1.05. The van der Waals surface area contributed by atoms with E-state index in [2.05, 4.69) is 15.5 Å². The van der Waals surface area contributed by atoms with Gasteiger partial charge in [0.1, 0.15) is 6.61 Å². The zero-order valence-electron chi connectivity index (χ0n) is 9.79. The quantitative estimate of drug-likeness (QED) is 0.663. The fourth-order valence-electron chi connectivity index (χ4n) is 1.25. The van der Waals surface area contributed by atoms with Gasteiger partial charge in [0.25, 0.3) is 6.43 Å². The van der Waals surface area contributed by atoms with Crippen molar-refractivity contribution < 1.29 is 18.0 Å². The second kappa shape index (κ2) is 8.08. The molecule has 0 unspecified atom stereocenters. The van der Waals surface area contributed by atoms with Crippen molar-refractivity contribution in [1.29, 1.82) is 0 Å². The van der Waals surface area contributed by atoms with Crippen LogP contribution in [0.2, 0.25) is 0 Å². The van der Waals surface area contributed by atoms with Crippen LogP contribution in [0, 0.1) is 0 Å². The number of hydrogen-bond acceptors (Lipinski definition) is 5. The first-order valence-corrected chi connectivity index (χ1v) is 5.54. The third-order valence-corrected chi connectivity index (χ3v) is 2.04. The monoisotopic (exact) mass is 249 g/mol. The highest BCUT2D eigenvalue weighted by Gasteiger charge is 2.07. The highest BCUT2D eigenvalue weighted by atomic mass is 19.3. The van der Waals surface area contributed by atoms with Gasteiger partial charge >= 0.3 is 0 Å². The molecule has 0 fully saturated rings. The van der Waals surface area contributed by atoms with Crippen LogP contribution in [0.4, 0.5) is 8.78 Å². The number of alkyl halides is 2. The number of rotatable bonds is 9. The first-order chi connectivity index (χ1) is 8.22. The average molecular weight is 249 g/mol. The Labute approximate surface area is 98.5 Å². The fraction of sp³-hybridized carbons (Fsp3) is 0.800. The molecule has 0 aliphatic carbocycles. The van der Waals surface area contributed by atoms with Crippen molar-refractivity contribution in [3.63, 3.8) is 0 Å². The SMILES string of the molecule is CNCCCc1nc(CCOCC(F)F)no1. The lowest BCUT2D eigenvalue weighted by molar-refractivity contribution is 0.0182. The van der Waals surface area contributed by atoms with Gasteiger partial charge in [-0.25, -0.2) is 8.78 Å². The minimum absolute atomic E-state index is 0.180. The van der Waals surface area contributed by atoms with Gasteiger partial charge in [-0.1, -0.05) is 5.16 Å². The Balaban J connectivity index is 2.16. The van der Waals surface area contributed by atoms with Gasteiger partial charge < -0.3 is 14.6 Å². The Morgan fingerprint density at radius 3 is 2.94 bits per heavy atom. The summed E-state index contributed by atoms with van der Waals surface area (Å²) in [5.74, 6) is 1.07. The molecule has 1 aromatic rings. The molecular weight excluding hydrogens is 232 g/mol. The van der Waals surface area contributed by atoms with E-state index in [9.17, 15) is 8.78 Å². The molecular formula is C10H17F2N3O2. The van der Waals surface area contributed by atoms with Crippen LogP contribution in [-0.2, 0) is 17.6 Å². The van der Waals surface area contributed by atoms with Crippen LogP contribution in [0.15, 0.2) is 4.52 Å². The number of halogens is 2. The number of ether oxygens (including phenoxy) is 1. The lowest BCUT2D eigenvalue weighted by atomic mass is 10.3. The van der Waals surface area contributed by atoms with Gasteiger partial charge in [0, 0.05) is 12.8 Å². The normalized spacial score (nSPS) is 11.3. The highest BCUT2D eigenvalue weighted by Crippen LogP contribution is 2.02. The van der Waals surface area contributed by atoms with Crippen LogP contribution in [-0.4, -0.2) is 43.4 Å². The van der Waals surface area contributed by atoms with Gasteiger partial charge in [0.15, 0.2) is 5.82 Å². The van der Waals surface area contributed by atoms with Crippen molar-refractivity contribution in [2.75, 3.05) is 26.8 Å². The van der Waals surface area contributed by atoms with E-state index in [1.165, 1.54) is 0 Å². The Kier molecular flexibility index (Phi) is 6.64. The lowest BCUT2D eigenvalue weighted by Crippen LogP contribution is -2.08. The number of aryl methyl sites for hydroxylation is 1. The summed E-state index contributed by atoms with van der Waals surface area (Å²) < 4.78 is 33.2. The molecule has 17 heavy (non-hydrogen) atoms. The summed E-state index contributed by atoms with van der Waals surface area (Å²) in [6.45, 7) is 0.516. The molecule has 0 aliphatic heterocycles. The van der Waals surface area contributed by atoms with E-state index in [1.54, 1.807) is 0 Å². The third-order valence-electron chi connectivity index (χ3n) is 2.04. The van der Waals surface area contributed by atoms with Gasteiger partial charge in [0.05, 0.1) is 6.61 Å². The zero-order chi connectivity index (χ0) is 12.5. The maximum absolute atomic E-state index is 11.8. The van der Waals surface area contributed by atoms with Crippen molar-refractivity contribution in [3.8, 4) is 0 Å². The molecule has 98 valence electrons. The lowest BCUT2D eigenvalue weighted by Gasteiger charge is -1.99. The first-order valence-electron chi connectivity index (χ1n) is 5.54. The summed E-state index contributed by atoms with van der Waals surface area (Å²) in [4.78, 5) is 4.13. The van der Waals surface area contributed by atoms with Crippen molar-refractivity contribution in [2.45, 2.75) is 25.7 Å². The molecule has 5 nitrogen and oxygen atoms in total. The molecule has 0 atom stereocenters. The molecule has 1 aromatic heterocycles. The van der Waals surface area contributed by atoms with Crippen molar-refractivity contribution >= 4 is 0 Å². The van der Waals surface area contributed by atoms with Crippen LogP contribution in [0.1, 0.15) is 18.1 Å². The standard InChI is InChI=1S/C10H17F2N3O2/c1-13-5-2-3-10-14-9(15-17-10)4-6-16-7-8(11)12/h8,13H,2-7H2,1H3. The topological polar surface area (TPSA) is 60.2 Å². The smallest absolute Gasteiger partial charge is 0.261 e. The molecule has 7 heteroatoms. The van der Waals surface area contributed by atoms with E-state index in [1.807, 2.05) is 7.05 Å². The number of nitrogens with one attached hydrogen (secondary N) is 1. The summed E-state index contributed by atoms with van der Waals surface area (Å²) in [7, 11) is 1.87. The summed E-state index contributed by atoms with van der Waals surface area (Å²) in [5, 5.41) is 6.75. The van der Waals surface area contributed by atoms with E-state index in [-0.39, 0.29) is 6.61 Å². The molecule has 1 rings (SSSR count). The fourth-order valence-corrected chi connectivity index (χ4v) is 1.25. The second-order valence-electron chi connectivity index (χ2n) is 3.53. The molecule has 0 saturated carbocycles. The molecule has 1 heterocycles. The maximum Gasteiger partial charge on any atom is 0.261 e. The van der Waals surface area contributed by atoms with Crippen LogP contribution in [0.3, 0.4) is 0 Å². The second-order valence-corrected chi connectivity index (χ2v) is 3.53. The minimum Gasteiger partial charge on any atom is -0.375 e. The Bertz CT molecular complexity index is 307. The summed E-state index contributed by atoms with van der Waals surface area (Å²) in [6.07, 6.45) is -0.411. The Morgan fingerprint density at radius 1 is 1.41 bits per heavy atom. The minimum atomic E-state index is -2.43. The average Bonchev–Trinajstić information content (AvgIpc) is 2.73. The van der Waals surface area contributed by atoms with Gasteiger partial charge in [-0.3, -0.25) is 0 Å². The van der Waals surface area contributed by atoms with Gasteiger partial charge in [0.2, 0.25) is 5.89 Å². The molecule has 0 aromatic carbocycles. The first kappa shape index (κ1) is 14.0. The maximum atomic E-state index is 11.8. The molecule has 0 aliphatic rings. The number of nitrogens with zero attached hydrogens (tertiary/aromatic N) is 2. The highest BCUT2D eigenvalue weighted by molar-refractivity contribution is 4.86. The number of aromatic nitrogens is 2. The van der Waals surface area contributed by atoms with E-state index in [0.29, 0.717) is 24.6 Å². The van der Waals surface area contributed by atoms with Crippen molar-refractivity contribution in [2.24, 2.45) is 0 Å². The summed E-state index contributed by atoms with van der Waals surface area (Å²) in [6, 6.07) is 0. The van der Waals surface area contributed by atoms with Crippen LogP contribution in [0.5, 0.6) is 0 Å². The van der Waals surface area contributed by atoms with Gasteiger partial charge in [-0.2, -0.15) is 4.98 Å². The van der Waals surface area contributed by atoms with E-state index >= 15 is 0 Å². The molecule has 0 spiro atoms. The van der Waals surface area contributed by atoms with Crippen molar-refractivity contribution in [3.05, 3.63) is 11.7 Å². The molecule has 0 radical (unpaired) electrons. The molecule has 0 bridgehead atoms. The Morgan fingerprint density at radius 2 is 2.24 bits per heavy atom. The predicted molar refractivity (Wildman–Crippen MR) is 57.1 cm³/mol. The third kappa shape index (κ3) is 6.28. The number of hydrogen-bond donors (Lipinski definition) is 1. The Hall–Kier alpha value is -1.08. The van der Waals surface area contributed by atoms with Crippen LogP contribution < -0.4 is 5.32 Å². The van der Waals surface area contributed by atoms with Crippen molar-refractivity contribution in [1.82, 2.24) is 15.5 Å². The summed E-state index contributed by atoms with van der Waals surface area (Å²) in [5.41, 5.74) is 0. The molecule has 0 amide bonds. The van der Waals surface area contributed by atoms with Crippen LogP contribution in [0.25, 0.3) is 0 Å². The van der Waals surface area contributed by atoms with E-state index in [4.69, 9.17) is 9.26 Å². The van der Waals surface area contributed by atoms with Gasteiger partial charge in [-0.05, 0) is 20.0 Å². The van der Waals surface area contributed by atoms with E-state index < -0.39 is 13.0 Å². The van der Waals surface area contributed by atoms with E-state index in [0.717, 1.165) is 13.0 Å². The molecule has 1 N–H and O–H groups in total. The van der Waals surface area contributed by atoms with Crippen LogP contribution >= 0.6 is 0 Å².